The van der Waals surface area contributed by atoms with E-state index in [2.05, 4.69) is 60.4 Å². The van der Waals surface area contributed by atoms with Crippen LogP contribution in [0.25, 0.3) is 22.2 Å². The summed E-state index contributed by atoms with van der Waals surface area (Å²) in [4.78, 5) is 9.44. The second-order valence-corrected chi connectivity index (χ2v) is 7.39. The van der Waals surface area contributed by atoms with Gasteiger partial charge in [0.05, 0.1) is 11.2 Å². The van der Waals surface area contributed by atoms with Crippen LogP contribution < -0.4 is 5.32 Å². The summed E-state index contributed by atoms with van der Waals surface area (Å²) in [6, 6.07) is 24.2. The molecule has 1 heterocycles. The highest BCUT2D eigenvalue weighted by atomic mass is 79.9. The topological polar surface area (TPSA) is 37.8 Å². The number of fused-ring (bicyclic) bond motifs is 1. The van der Waals surface area contributed by atoms with Gasteiger partial charge in [0.25, 0.3) is 0 Å². The van der Waals surface area contributed by atoms with Crippen LogP contribution in [0.5, 0.6) is 0 Å². The van der Waals surface area contributed by atoms with E-state index in [0.29, 0.717) is 5.95 Å². The highest BCUT2D eigenvalue weighted by Crippen LogP contribution is 2.30. The van der Waals surface area contributed by atoms with Crippen LogP contribution in [0.1, 0.15) is 0 Å². The van der Waals surface area contributed by atoms with Crippen molar-refractivity contribution in [2.75, 3.05) is 5.32 Å². The summed E-state index contributed by atoms with van der Waals surface area (Å²) in [5, 5.41) is 4.31. The molecule has 1 aromatic heterocycles. The van der Waals surface area contributed by atoms with Crippen molar-refractivity contribution < 1.29 is 0 Å². The predicted octanol–water partition coefficient (Wildman–Crippen LogP) is 6.57. The number of aromatic nitrogens is 2. The zero-order valence-corrected chi connectivity index (χ0v) is 16.3. The van der Waals surface area contributed by atoms with Gasteiger partial charge in [-0.05, 0) is 42.5 Å². The van der Waals surface area contributed by atoms with E-state index in [1.54, 1.807) is 0 Å². The Bertz CT molecular complexity index is 1030. The molecule has 0 aliphatic heterocycles. The number of anilines is 2. The van der Waals surface area contributed by atoms with E-state index in [4.69, 9.17) is 4.98 Å². The van der Waals surface area contributed by atoms with Gasteiger partial charge in [-0.15, -0.1) is 0 Å². The first-order valence-electron chi connectivity index (χ1n) is 7.74. The zero-order chi connectivity index (χ0) is 17.2. The quantitative estimate of drug-likeness (QED) is 0.380. The van der Waals surface area contributed by atoms with Crippen molar-refractivity contribution in [3.63, 3.8) is 0 Å². The summed E-state index contributed by atoms with van der Waals surface area (Å²) in [6.45, 7) is 0. The first kappa shape index (κ1) is 16.2. The minimum atomic E-state index is 0.580. The molecule has 0 unspecified atom stereocenters. The van der Waals surface area contributed by atoms with Gasteiger partial charge in [-0.2, -0.15) is 0 Å². The van der Waals surface area contributed by atoms with Gasteiger partial charge in [-0.3, -0.25) is 0 Å². The van der Waals surface area contributed by atoms with E-state index in [0.717, 1.165) is 36.8 Å². The molecule has 0 aliphatic rings. The van der Waals surface area contributed by atoms with Gasteiger partial charge in [-0.1, -0.05) is 62.2 Å². The molecule has 4 aromatic rings. The number of halogens is 2. The second-order valence-electron chi connectivity index (χ2n) is 5.56. The molecule has 0 saturated heterocycles. The van der Waals surface area contributed by atoms with Crippen molar-refractivity contribution in [3.8, 4) is 11.3 Å². The SMILES string of the molecule is Brc1ccc(Nc2nc(-c3ccccc3)c3cc(Br)ccc3n2)cc1. The fourth-order valence-corrected chi connectivity index (χ4v) is 3.26. The molecule has 1 N–H and O–H groups in total. The van der Waals surface area contributed by atoms with Gasteiger partial charge in [0.1, 0.15) is 0 Å². The second kappa shape index (κ2) is 6.94. The lowest BCUT2D eigenvalue weighted by atomic mass is 10.1. The summed E-state index contributed by atoms with van der Waals surface area (Å²) in [6.07, 6.45) is 0. The molecule has 0 radical (unpaired) electrons. The first-order valence-corrected chi connectivity index (χ1v) is 9.33. The fraction of sp³-hybridized carbons (Fsp3) is 0. The van der Waals surface area contributed by atoms with E-state index in [9.17, 15) is 0 Å². The number of nitrogens with zero attached hydrogens (tertiary/aromatic N) is 2. The van der Waals surface area contributed by atoms with Crippen molar-refractivity contribution in [1.29, 1.82) is 0 Å². The highest BCUT2D eigenvalue weighted by molar-refractivity contribution is 9.10. The maximum Gasteiger partial charge on any atom is 0.228 e. The number of nitrogens with one attached hydrogen (secondary N) is 1. The van der Waals surface area contributed by atoms with Crippen LogP contribution in [0.15, 0.2) is 81.7 Å². The average molecular weight is 455 g/mol. The molecule has 0 atom stereocenters. The summed E-state index contributed by atoms with van der Waals surface area (Å²) in [5.41, 5.74) is 3.81. The number of hydrogen-bond acceptors (Lipinski definition) is 3. The van der Waals surface area contributed by atoms with E-state index >= 15 is 0 Å². The van der Waals surface area contributed by atoms with Crippen LogP contribution in [0.4, 0.5) is 11.6 Å². The van der Waals surface area contributed by atoms with Crippen LogP contribution >= 0.6 is 31.9 Å². The summed E-state index contributed by atoms with van der Waals surface area (Å²) >= 11 is 6.99. The molecule has 4 rings (SSSR count). The molecule has 3 aromatic carbocycles. The van der Waals surface area contributed by atoms with Gasteiger partial charge >= 0.3 is 0 Å². The smallest absolute Gasteiger partial charge is 0.228 e. The zero-order valence-electron chi connectivity index (χ0n) is 13.1. The molecule has 0 bridgehead atoms. The number of benzene rings is 3. The molecule has 0 saturated carbocycles. The van der Waals surface area contributed by atoms with E-state index < -0.39 is 0 Å². The Kier molecular flexibility index (Phi) is 4.51. The molecule has 0 fully saturated rings. The minimum Gasteiger partial charge on any atom is -0.324 e. The molecule has 122 valence electrons. The Morgan fingerprint density at radius 2 is 1.44 bits per heavy atom. The summed E-state index contributed by atoms with van der Waals surface area (Å²) < 4.78 is 2.04. The Balaban J connectivity index is 1.86. The monoisotopic (exact) mass is 453 g/mol. The third-order valence-electron chi connectivity index (χ3n) is 3.81. The lowest BCUT2D eigenvalue weighted by Gasteiger charge is -2.11. The predicted molar refractivity (Wildman–Crippen MR) is 110 cm³/mol. The average Bonchev–Trinajstić information content (AvgIpc) is 2.64. The summed E-state index contributed by atoms with van der Waals surface area (Å²) in [5.74, 6) is 0.580. The standard InChI is InChI=1S/C20H13Br2N3/c21-14-6-9-16(10-7-14)23-20-24-18-11-8-15(22)12-17(18)19(25-20)13-4-2-1-3-5-13/h1-12H,(H,23,24,25). The van der Waals surface area contributed by atoms with Gasteiger partial charge in [-0.25, -0.2) is 9.97 Å². The third-order valence-corrected chi connectivity index (χ3v) is 4.83. The van der Waals surface area contributed by atoms with Gasteiger partial charge in [0.2, 0.25) is 5.95 Å². The van der Waals surface area contributed by atoms with Gasteiger partial charge in [0, 0.05) is 25.6 Å². The van der Waals surface area contributed by atoms with Crippen molar-refractivity contribution in [2.24, 2.45) is 0 Å². The van der Waals surface area contributed by atoms with E-state index in [1.807, 2.05) is 54.6 Å². The highest BCUT2D eigenvalue weighted by Gasteiger charge is 2.10. The molecular formula is C20H13Br2N3. The first-order chi connectivity index (χ1) is 12.2. The molecule has 0 amide bonds. The van der Waals surface area contributed by atoms with Crippen molar-refractivity contribution >= 4 is 54.4 Å². The molecule has 5 heteroatoms. The lowest BCUT2D eigenvalue weighted by Crippen LogP contribution is -1.99. The molecular weight excluding hydrogens is 442 g/mol. The minimum absolute atomic E-state index is 0.580. The molecule has 0 aliphatic carbocycles. The number of rotatable bonds is 3. The van der Waals surface area contributed by atoms with Gasteiger partial charge < -0.3 is 5.32 Å². The van der Waals surface area contributed by atoms with Crippen LogP contribution in [0.2, 0.25) is 0 Å². The Morgan fingerprint density at radius 3 is 2.20 bits per heavy atom. The van der Waals surface area contributed by atoms with Crippen LogP contribution in [-0.2, 0) is 0 Å². The van der Waals surface area contributed by atoms with Crippen molar-refractivity contribution in [2.45, 2.75) is 0 Å². The largest absolute Gasteiger partial charge is 0.324 e. The van der Waals surface area contributed by atoms with Crippen molar-refractivity contribution in [1.82, 2.24) is 9.97 Å². The maximum atomic E-state index is 4.78. The van der Waals surface area contributed by atoms with Crippen molar-refractivity contribution in [3.05, 3.63) is 81.7 Å². The fourth-order valence-electron chi connectivity index (χ4n) is 2.63. The third kappa shape index (κ3) is 3.57. The van der Waals surface area contributed by atoms with E-state index in [1.165, 1.54) is 0 Å². The molecule has 0 spiro atoms. The maximum absolute atomic E-state index is 4.78. The van der Waals surface area contributed by atoms with E-state index in [-0.39, 0.29) is 0 Å². The van der Waals surface area contributed by atoms with Crippen LogP contribution in [0.3, 0.4) is 0 Å². The summed E-state index contributed by atoms with van der Waals surface area (Å²) in [7, 11) is 0. The Morgan fingerprint density at radius 1 is 0.720 bits per heavy atom. The van der Waals surface area contributed by atoms with Crippen LogP contribution in [0, 0.1) is 0 Å². The number of hydrogen-bond donors (Lipinski definition) is 1. The normalized spacial score (nSPS) is 10.8. The Labute approximate surface area is 162 Å². The Hall–Kier alpha value is -2.24. The molecule has 25 heavy (non-hydrogen) atoms. The van der Waals surface area contributed by atoms with Gasteiger partial charge in [0.15, 0.2) is 0 Å². The lowest BCUT2D eigenvalue weighted by molar-refractivity contribution is 1.21. The van der Waals surface area contributed by atoms with Crippen LogP contribution in [-0.4, -0.2) is 9.97 Å². The molecule has 3 nitrogen and oxygen atoms in total.